The zero-order chi connectivity index (χ0) is 14.6. The second-order valence-electron chi connectivity index (χ2n) is 5.19. The average Bonchev–Trinajstić information content (AvgIpc) is 3.06. The maximum Gasteiger partial charge on any atom is 0.323 e. The fraction of sp³-hybridized carbons (Fsp3) is 0.750. The summed E-state index contributed by atoms with van der Waals surface area (Å²) in [6.07, 6.45) is 2.03. The van der Waals surface area contributed by atoms with Gasteiger partial charge in [-0.2, -0.15) is 0 Å². The molecule has 3 amide bonds. The standard InChI is InChI=1S/C12H21N3O4/c1-8(2)15(6-10(13)16)12(19)14(7-11(17)18)5-9-3-4-9/h8-9H,3-7H2,1-2H3,(H2,13,16)(H,17,18). The number of nitrogens with two attached hydrogens (primary N) is 1. The van der Waals surface area contributed by atoms with Crippen LogP contribution in [0.3, 0.4) is 0 Å². The Kier molecular flexibility index (Phi) is 5.14. The van der Waals surface area contributed by atoms with E-state index in [1.807, 2.05) is 0 Å². The van der Waals surface area contributed by atoms with Crippen molar-refractivity contribution in [3.05, 3.63) is 0 Å². The molecular formula is C12H21N3O4. The Morgan fingerprint density at radius 2 is 1.84 bits per heavy atom. The molecule has 7 nitrogen and oxygen atoms in total. The SMILES string of the molecule is CC(C)N(CC(N)=O)C(=O)N(CC(=O)O)CC1CC1. The lowest BCUT2D eigenvalue weighted by molar-refractivity contribution is -0.137. The second kappa shape index (κ2) is 6.40. The molecule has 0 unspecified atom stereocenters. The Hall–Kier alpha value is -1.79. The fourth-order valence-corrected chi connectivity index (χ4v) is 1.81. The predicted molar refractivity (Wildman–Crippen MR) is 68.4 cm³/mol. The van der Waals surface area contributed by atoms with Crippen molar-refractivity contribution in [3.63, 3.8) is 0 Å². The van der Waals surface area contributed by atoms with E-state index in [4.69, 9.17) is 10.8 Å². The number of nitrogens with zero attached hydrogens (tertiary/aromatic N) is 2. The molecule has 0 radical (unpaired) electrons. The molecule has 1 saturated carbocycles. The van der Waals surface area contributed by atoms with Gasteiger partial charge in [0.15, 0.2) is 0 Å². The molecule has 0 atom stereocenters. The van der Waals surface area contributed by atoms with Crippen LogP contribution < -0.4 is 5.73 Å². The summed E-state index contributed by atoms with van der Waals surface area (Å²) in [7, 11) is 0. The van der Waals surface area contributed by atoms with E-state index in [0.29, 0.717) is 12.5 Å². The zero-order valence-electron chi connectivity index (χ0n) is 11.3. The monoisotopic (exact) mass is 271 g/mol. The van der Waals surface area contributed by atoms with Crippen molar-refractivity contribution in [2.45, 2.75) is 32.7 Å². The van der Waals surface area contributed by atoms with E-state index < -0.39 is 17.9 Å². The largest absolute Gasteiger partial charge is 0.480 e. The van der Waals surface area contributed by atoms with Gasteiger partial charge in [-0.1, -0.05) is 0 Å². The van der Waals surface area contributed by atoms with Crippen molar-refractivity contribution >= 4 is 17.9 Å². The molecule has 0 bridgehead atoms. The summed E-state index contributed by atoms with van der Waals surface area (Å²) in [4.78, 5) is 36.7. The molecule has 19 heavy (non-hydrogen) atoms. The van der Waals surface area contributed by atoms with Crippen LogP contribution >= 0.6 is 0 Å². The molecule has 0 spiro atoms. The van der Waals surface area contributed by atoms with Crippen LogP contribution in [-0.4, -0.2) is 58.5 Å². The predicted octanol–water partition coefficient (Wildman–Crippen LogP) is 0.0987. The first kappa shape index (κ1) is 15.3. The quantitative estimate of drug-likeness (QED) is 0.685. The third kappa shape index (κ3) is 5.15. The third-order valence-corrected chi connectivity index (χ3v) is 2.97. The van der Waals surface area contributed by atoms with Crippen LogP contribution in [0.2, 0.25) is 0 Å². The summed E-state index contributed by atoms with van der Waals surface area (Å²) in [5.41, 5.74) is 5.12. The average molecular weight is 271 g/mol. The Bertz CT molecular complexity index is 366. The van der Waals surface area contributed by atoms with Gasteiger partial charge < -0.3 is 20.6 Å². The molecule has 108 valence electrons. The normalized spacial score (nSPS) is 14.3. The van der Waals surface area contributed by atoms with Crippen molar-refractivity contribution < 1.29 is 19.5 Å². The highest BCUT2D eigenvalue weighted by molar-refractivity contribution is 5.85. The molecular weight excluding hydrogens is 250 g/mol. The molecule has 0 aromatic heterocycles. The molecule has 7 heteroatoms. The van der Waals surface area contributed by atoms with Gasteiger partial charge in [0, 0.05) is 12.6 Å². The number of primary amides is 1. The summed E-state index contributed by atoms with van der Waals surface area (Å²) in [6.45, 7) is 3.40. The van der Waals surface area contributed by atoms with Gasteiger partial charge in [0.25, 0.3) is 0 Å². The van der Waals surface area contributed by atoms with Gasteiger partial charge in [-0.25, -0.2) is 4.79 Å². The number of carbonyl (C=O) groups excluding carboxylic acids is 2. The lowest BCUT2D eigenvalue weighted by atomic mass is 10.3. The number of amides is 3. The van der Waals surface area contributed by atoms with Crippen LogP contribution in [0.4, 0.5) is 4.79 Å². The Labute approximate surface area is 112 Å². The van der Waals surface area contributed by atoms with Gasteiger partial charge >= 0.3 is 12.0 Å². The lowest BCUT2D eigenvalue weighted by Gasteiger charge is -2.31. The summed E-state index contributed by atoms with van der Waals surface area (Å²) in [6, 6.07) is -0.654. The first-order chi connectivity index (χ1) is 8.81. The van der Waals surface area contributed by atoms with E-state index in [1.165, 1.54) is 9.80 Å². The minimum absolute atomic E-state index is 0.197. The van der Waals surface area contributed by atoms with Crippen LogP contribution in [0.25, 0.3) is 0 Å². The smallest absolute Gasteiger partial charge is 0.323 e. The van der Waals surface area contributed by atoms with Crippen LogP contribution in [0.5, 0.6) is 0 Å². The first-order valence-electron chi connectivity index (χ1n) is 6.37. The van der Waals surface area contributed by atoms with Crippen molar-refractivity contribution in [1.82, 2.24) is 9.80 Å². The number of urea groups is 1. The van der Waals surface area contributed by atoms with Gasteiger partial charge in [0.2, 0.25) is 5.91 Å². The molecule has 0 aromatic carbocycles. The molecule has 1 aliphatic carbocycles. The van der Waals surface area contributed by atoms with E-state index in [1.54, 1.807) is 13.8 Å². The summed E-state index contributed by atoms with van der Waals surface area (Å²) in [5, 5.41) is 8.86. The van der Waals surface area contributed by atoms with E-state index in [0.717, 1.165) is 12.8 Å². The van der Waals surface area contributed by atoms with E-state index in [9.17, 15) is 14.4 Å². The van der Waals surface area contributed by atoms with Crippen LogP contribution in [0.1, 0.15) is 26.7 Å². The number of carboxylic acid groups (broad SMARTS) is 1. The maximum atomic E-state index is 12.3. The third-order valence-electron chi connectivity index (χ3n) is 2.97. The van der Waals surface area contributed by atoms with Gasteiger partial charge in [0.05, 0.1) is 0 Å². The number of rotatable bonds is 7. The highest BCUT2D eigenvalue weighted by Gasteiger charge is 2.31. The minimum Gasteiger partial charge on any atom is -0.480 e. The lowest BCUT2D eigenvalue weighted by Crippen LogP contribution is -2.51. The maximum absolute atomic E-state index is 12.3. The van der Waals surface area contributed by atoms with E-state index in [2.05, 4.69) is 0 Å². The van der Waals surface area contributed by atoms with Crippen LogP contribution in [0, 0.1) is 5.92 Å². The fourth-order valence-electron chi connectivity index (χ4n) is 1.81. The Morgan fingerprint density at radius 1 is 1.26 bits per heavy atom. The molecule has 0 heterocycles. The van der Waals surface area contributed by atoms with Gasteiger partial charge in [-0.05, 0) is 32.6 Å². The van der Waals surface area contributed by atoms with Gasteiger partial charge in [0.1, 0.15) is 13.1 Å². The Morgan fingerprint density at radius 3 is 2.21 bits per heavy atom. The van der Waals surface area contributed by atoms with Crippen molar-refractivity contribution in [1.29, 1.82) is 0 Å². The minimum atomic E-state index is -1.06. The van der Waals surface area contributed by atoms with E-state index >= 15 is 0 Å². The van der Waals surface area contributed by atoms with Crippen molar-refractivity contribution in [2.75, 3.05) is 19.6 Å². The summed E-state index contributed by atoms with van der Waals surface area (Å²) >= 11 is 0. The Balaban J connectivity index is 2.74. The molecule has 0 saturated heterocycles. The second-order valence-corrected chi connectivity index (χ2v) is 5.19. The molecule has 0 aliphatic heterocycles. The first-order valence-corrected chi connectivity index (χ1v) is 6.37. The van der Waals surface area contributed by atoms with Crippen LogP contribution in [0.15, 0.2) is 0 Å². The molecule has 1 aliphatic rings. The summed E-state index contributed by atoms with van der Waals surface area (Å²) < 4.78 is 0. The highest BCUT2D eigenvalue weighted by atomic mass is 16.4. The molecule has 3 N–H and O–H groups in total. The number of hydrogen-bond acceptors (Lipinski definition) is 3. The molecule has 0 aromatic rings. The summed E-state index contributed by atoms with van der Waals surface area (Å²) in [5.74, 6) is -1.29. The van der Waals surface area contributed by atoms with Crippen molar-refractivity contribution in [3.8, 4) is 0 Å². The topological polar surface area (TPSA) is 104 Å². The number of carboxylic acids is 1. The molecule has 1 fully saturated rings. The van der Waals surface area contributed by atoms with Gasteiger partial charge in [-0.15, -0.1) is 0 Å². The highest BCUT2D eigenvalue weighted by Crippen LogP contribution is 2.30. The zero-order valence-corrected chi connectivity index (χ0v) is 11.3. The van der Waals surface area contributed by atoms with E-state index in [-0.39, 0.29) is 19.1 Å². The number of aliphatic carboxylic acids is 1. The number of carbonyl (C=O) groups is 3. The number of hydrogen-bond donors (Lipinski definition) is 2. The van der Waals surface area contributed by atoms with Gasteiger partial charge in [-0.3, -0.25) is 9.59 Å². The van der Waals surface area contributed by atoms with Crippen LogP contribution in [-0.2, 0) is 9.59 Å². The molecule has 1 rings (SSSR count). The van der Waals surface area contributed by atoms with Crippen molar-refractivity contribution in [2.24, 2.45) is 11.7 Å².